The molecule has 2 aromatic carbocycles. The third-order valence-corrected chi connectivity index (χ3v) is 5.33. The lowest BCUT2D eigenvalue weighted by atomic mass is 10.1. The summed E-state index contributed by atoms with van der Waals surface area (Å²) in [5.74, 6) is 0.977. The first kappa shape index (κ1) is 19.2. The SMILES string of the molecule is COc1ccccc1N1CCN(C(C)C(=O)NC(C)c2ccccc2)CC1. The maximum absolute atomic E-state index is 12.7. The number of nitrogens with zero attached hydrogens (tertiary/aromatic N) is 2. The number of para-hydroxylation sites is 2. The number of anilines is 1. The fourth-order valence-corrected chi connectivity index (χ4v) is 3.57. The minimum Gasteiger partial charge on any atom is -0.495 e. The zero-order valence-electron chi connectivity index (χ0n) is 16.4. The molecule has 2 aromatic rings. The maximum atomic E-state index is 12.7. The van der Waals surface area contributed by atoms with E-state index in [-0.39, 0.29) is 18.0 Å². The van der Waals surface area contributed by atoms with Crippen molar-refractivity contribution in [3.63, 3.8) is 0 Å². The van der Waals surface area contributed by atoms with Gasteiger partial charge in [-0.05, 0) is 31.5 Å². The van der Waals surface area contributed by atoms with Gasteiger partial charge in [-0.2, -0.15) is 0 Å². The quantitative estimate of drug-likeness (QED) is 0.852. The third kappa shape index (κ3) is 4.61. The van der Waals surface area contributed by atoms with Gasteiger partial charge < -0.3 is 15.0 Å². The molecule has 3 rings (SSSR count). The molecule has 1 N–H and O–H groups in total. The number of rotatable bonds is 6. The van der Waals surface area contributed by atoms with Gasteiger partial charge in [0.05, 0.1) is 24.9 Å². The molecule has 0 bridgehead atoms. The highest BCUT2D eigenvalue weighted by atomic mass is 16.5. The Kier molecular flexibility index (Phi) is 6.35. The molecule has 1 aliphatic rings. The second kappa shape index (κ2) is 8.91. The Morgan fingerprint density at radius 3 is 2.26 bits per heavy atom. The molecule has 144 valence electrons. The van der Waals surface area contributed by atoms with Crippen molar-refractivity contribution < 1.29 is 9.53 Å². The molecule has 1 heterocycles. The summed E-state index contributed by atoms with van der Waals surface area (Å²) in [6.07, 6.45) is 0. The molecule has 1 aliphatic heterocycles. The van der Waals surface area contributed by atoms with Crippen molar-refractivity contribution in [2.75, 3.05) is 38.2 Å². The smallest absolute Gasteiger partial charge is 0.237 e. The molecule has 27 heavy (non-hydrogen) atoms. The molecule has 1 amide bonds. The lowest BCUT2D eigenvalue weighted by Gasteiger charge is -2.39. The Hall–Kier alpha value is -2.53. The summed E-state index contributed by atoms with van der Waals surface area (Å²) in [7, 11) is 1.70. The highest BCUT2D eigenvalue weighted by molar-refractivity contribution is 5.81. The summed E-state index contributed by atoms with van der Waals surface area (Å²) in [4.78, 5) is 17.3. The number of hydrogen-bond acceptors (Lipinski definition) is 4. The number of amides is 1. The van der Waals surface area contributed by atoms with Crippen LogP contribution in [0.1, 0.15) is 25.5 Å². The van der Waals surface area contributed by atoms with Gasteiger partial charge >= 0.3 is 0 Å². The normalized spacial score (nSPS) is 17.2. The van der Waals surface area contributed by atoms with E-state index in [1.165, 1.54) is 0 Å². The van der Waals surface area contributed by atoms with E-state index in [0.717, 1.165) is 43.2 Å². The van der Waals surface area contributed by atoms with Gasteiger partial charge in [-0.3, -0.25) is 9.69 Å². The summed E-state index contributed by atoms with van der Waals surface area (Å²) in [5.41, 5.74) is 2.24. The van der Waals surface area contributed by atoms with Crippen LogP contribution in [-0.2, 0) is 4.79 Å². The average Bonchev–Trinajstić information content (AvgIpc) is 2.73. The summed E-state index contributed by atoms with van der Waals surface area (Å²) < 4.78 is 5.48. The maximum Gasteiger partial charge on any atom is 0.237 e. The van der Waals surface area contributed by atoms with Gasteiger partial charge in [0, 0.05) is 26.2 Å². The molecule has 0 radical (unpaired) electrons. The Balaban J connectivity index is 1.55. The zero-order chi connectivity index (χ0) is 19.2. The minimum absolute atomic E-state index is 0.0102. The summed E-state index contributed by atoms with van der Waals surface area (Å²) in [6, 6.07) is 18.0. The van der Waals surface area contributed by atoms with Crippen LogP contribution in [0, 0.1) is 0 Å². The van der Waals surface area contributed by atoms with Crippen molar-refractivity contribution in [2.45, 2.75) is 25.9 Å². The monoisotopic (exact) mass is 367 g/mol. The van der Waals surface area contributed by atoms with Gasteiger partial charge in [0.1, 0.15) is 5.75 Å². The van der Waals surface area contributed by atoms with Crippen LogP contribution in [0.4, 0.5) is 5.69 Å². The molecular weight excluding hydrogens is 338 g/mol. The van der Waals surface area contributed by atoms with Crippen LogP contribution >= 0.6 is 0 Å². The highest BCUT2D eigenvalue weighted by Crippen LogP contribution is 2.28. The molecule has 0 aromatic heterocycles. The van der Waals surface area contributed by atoms with Crippen molar-refractivity contribution in [1.29, 1.82) is 0 Å². The molecule has 1 saturated heterocycles. The first-order valence-corrected chi connectivity index (χ1v) is 9.57. The molecule has 2 unspecified atom stereocenters. The fourth-order valence-electron chi connectivity index (χ4n) is 3.57. The molecular formula is C22H29N3O2. The van der Waals surface area contributed by atoms with Gasteiger partial charge in [-0.1, -0.05) is 42.5 Å². The summed E-state index contributed by atoms with van der Waals surface area (Å²) in [5, 5.41) is 3.14. The number of benzene rings is 2. The highest BCUT2D eigenvalue weighted by Gasteiger charge is 2.27. The Bertz CT molecular complexity index is 742. The van der Waals surface area contributed by atoms with E-state index in [4.69, 9.17) is 4.74 Å². The van der Waals surface area contributed by atoms with E-state index in [1.807, 2.05) is 62.4 Å². The largest absolute Gasteiger partial charge is 0.495 e. The number of hydrogen-bond donors (Lipinski definition) is 1. The molecule has 0 spiro atoms. The summed E-state index contributed by atoms with van der Waals surface area (Å²) >= 11 is 0. The standard InChI is InChI=1S/C22H29N3O2/c1-17(19-9-5-4-6-10-19)23-22(26)18(2)24-13-15-25(16-14-24)20-11-7-8-12-21(20)27-3/h4-12,17-18H,13-16H2,1-3H3,(H,23,26). The van der Waals surface area contributed by atoms with Crippen molar-refractivity contribution in [2.24, 2.45) is 0 Å². The van der Waals surface area contributed by atoms with Crippen LogP contribution in [0.3, 0.4) is 0 Å². The Labute approximate surface area is 161 Å². The minimum atomic E-state index is -0.143. The molecule has 1 fully saturated rings. The number of ether oxygens (including phenoxy) is 1. The van der Waals surface area contributed by atoms with E-state index in [2.05, 4.69) is 21.2 Å². The van der Waals surface area contributed by atoms with Crippen LogP contribution < -0.4 is 15.0 Å². The predicted molar refractivity (Wildman–Crippen MR) is 109 cm³/mol. The van der Waals surface area contributed by atoms with Crippen LogP contribution in [-0.4, -0.2) is 50.1 Å². The lowest BCUT2D eigenvalue weighted by Crippen LogP contribution is -2.54. The van der Waals surface area contributed by atoms with E-state index in [1.54, 1.807) is 7.11 Å². The third-order valence-electron chi connectivity index (χ3n) is 5.33. The van der Waals surface area contributed by atoms with Crippen molar-refractivity contribution in [1.82, 2.24) is 10.2 Å². The molecule has 0 aliphatic carbocycles. The van der Waals surface area contributed by atoms with Gasteiger partial charge in [0.15, 0.2) is 0 Å². The molecule has 5 nitrogen and oxygen atoms in total. The van der Waals surface area contributed by atoms with Gasteiger partial charge in [0.2, 0.25) is 5.91 Å². The zero-order valence-corrected chi connectivity index (χ0v) is 16.4. The average molecular weight is 367 g/mol. The van der Waals surface area contributed by atoms with Crippen LogP contribution in [0.25, 0.3) is 0 Å². The fraction of sp³-hybridized carbons (Fsp3) is 0.409. The summed E-state index contributed by atoms with van der Waals surface area (Å²) in [6.45, 7) is 7.49. The molecule has 2 atom stereocenters. The van der Waals surface area contributed by atoms with E-state index >= 15 is 0 Å². The van der Waals surface area contributed by atoms with Gasteiger partial charge in [-0.25, -0.2) is 0 Å². The second-order valence-corrected chi connectivity index (χ2v) is 7.01. The van der Waals surface area contributed by atoms with Crippen molar-refractivity contribution in [3.05, 3.63) is 60.2 Å². The second-order valence-electron chi connectivity index (χ2n) is 7.01. The van der Waals surface area contributed by atoms with E-state index in [9.17, 15) is 4.79 Å². The van der Waals surface area contributed by atoms with Crippen LogP contribution in [0.2, 0.25) is 0 Å². The van der Waals surface area contributed by atoms with Gasteiger partial charge in [0.25, 0.3) is 0 Å². The predicted octanol–water partition coefficient (Wildman–Crippen LogP) is 3.08. The number of carbonyl (C=O) groups excluding carboxylic acids is 1. The molecule has 5 heteroatoms. The topological polar surface area (TPSA) is 44.8 Å². The number of nitrogens with one attached hydrogen (secondary N) is 1. The Morgan fingerprint density at radius 2 is 1.59 bits per heavy atom. The van der Waals surface area contributed by atoms with Crippen LogP contribution in [0.15, 0.2) is 54.6 Å². The van der Waals surface area contributed by atoms with E-state index < -0.39 is 0 Å². The number of piperazine rings is 1. The number of carbonyl (C=O) groups is 1. The van der Waals surface area contributed by atoms with Crippen molar-refractivity contribution in [3.8, 4) is 5.75 Å². The molecule has 0 saturated carbocycles. The Morgan fingerprint density at radius 1 is 0.963 bits per heavy atom. The first-order chi connectivity index (χ1) is 13.1. The lowest BCUT2D eigenvalue weighted by molar-refractivity contribution is -0.126. The van der Waals surface area contributed by atoms with E-state index in [0.29, 0.717) is 0 Å². The van der Waals surface area contributed by atoms with Gasteiger partial charge in [-0.15, -0.1) is 0 Å². The first-order valence-electron chi connectivity index (χ1n) is 9.57. The number of methoxy groups -OCH3 is 1. The van der Waals surface area contributed by atoms with Crippen molar-refractivity contribution >= 4 is 11.6 Å². The van der Waals surface area contributed by atoms with Crippen LogP contribution in [0.5, 0.6) is 5.75 Å².